The van der Waals surface area contributed by atoms with Gasteiger partial charge in [0.1, 0.15) is 46.5 Å². The Hall–Kier alpha value is -7.51. The van der Waals surface area contributed by atoms with Gasteiger partial charge in [-0.25, -0.2) is 24.0 Å². The Kier molecular flexibility index (Phi) is 23.3. The molecule has 2 heterocycles. The molecule has 584 valence electrons. The molecule has 12 saturated carbocycles. The molecule has 16 nitrogen and oxygen atoms in total. The Morgan fingerprint density at radius 2 is 1.22 bits per heavy atom. The van der Waals surface area contributed by atoms with Crippen molar-refractivity contribution in [1.29, 1.82) is 5.26 Å². The van der Waals surface area contributed by atoms with Crippen molar-refractivity contribution >= 4 is 41.9 Å². The summed E-state index contributed by atoms with van der Waals surface area (Å²) in [5.74, 6) is 0.658. The zero-order valence-electron chi connectivity index (χ0n) is 63.4. The number of aliphatic hydroxyl groups is 2. The second-order valence-corrected chi connectivity index (χ2v) is 35.3. The summed E-state index contributed by atoms with van der Waals surface area (Å²) in [6, 6.07) is 18.3. The molecule has 1 spiro atoms. The van der Waals surface area contributed by atoms with Crippen LogP contribution < -0.4 is 4.74 Å². The van der Waals surface area contributed by atoms with Crippen molar-refractivity contribution in [2.45, 2.75) is 268 Å². The maximum absolute atomic E-state index is 12.8. The quantitative estimate of drug-likeness (QED) is 0.0821. The Balaban J connectivity index is 0.000000138. The van der Waals surface area contributed by atoms with Crippen LogP contribution in [0.15, 0.2) is 116 Å². The number of nitrogens with zero attached hydrogens (tertiary/aromatic N) is 1. The lowest BCUT2D eigenvalue weighted by molar-refractivity contribution is -0.373. The molecule has 15 aliphatic rings. The van der Waals surface area contributed by atoms with Crippen LogP contribution >= 0.6 is 0 Å². The van der Waals surface area contributed by atoms with Gasteiger partial charge in [-0.1, -0.05) is 81.9 Å². The van der Waals surface area contributed by atoms with E-state index in [0.29, 0.717) is 59.8 Å². The van der Waals surface area contributed by atoms with Gasteiger partial charge in [-0.2, -0.15) is 31.6 Å². The highest BCUT2D eigenvalue weighted by Crippen LogP contribution is 2.66. The van der Waals surface area contributed by atoms with E-state index in [-0.39, 0.29) is 70.7 Å². The zero-order valence-corrected chi connectivity index (χ0v) is 63.4. The molecule has 0 amide bonds. The van der Waals surface area contributed by atoms with Crippen LogP contribution in [0.25, 0.3) is 6.08 Å². The fourth-order valence-electron chi connectivity index (χ4n) is 21.0. The number of rotatable bonds is 13. The van der Waals surface area contributed by atoms with E-state index in [1.165, 1.54) is 63.0 Å². The summed E-state index contributed by atoms with van der Waals surface area (Å²) in [5.41, 5.74) is -1.61. The summed E-state index contributed by atoms with van der Waals surface area (Å²) in [7, 11) is 0. The van der Waals surface area contributed by atoms with Gasteiger partial charge in [-0.05, 0) is 267 Å². The smallest absolute Gasteiger partial charge is 0.426 e. The summed E-state index contributed by atoms with van der Waals surface area (Å²) in [6.45, 7) is 38.6. The summed E-state index contributed by atoms with van der Waals surface area (Å²) in [6.07, 6.45) is 6.57. The molecule has 2 N–H and O–H groups in total. The minimum absolute atomic E-state index is 0.0504. The van der Waals surface area contributed by atoms with Crippen LogP contribution in [-0.2, 0) is 69.2 Å². The van der Waals surface area contributed by atoms with Crippen LogP contribution in [0.2, 0.25) is 0 Å². The Morgan fingerprint density at radius 3 is 1.71 bits per heavy atom. The molecule has 12 bridgehead atoms. The number of halogens is 6. The molecular formula is C85H107F6NO15. The highest BCUT2D eigenvalue weighted by Gasteiger charge is 2.73. The number of alkyl halides is 6. The second-order valence-electron chi connectivity index (χ2n) is 35.3. The molecule has 2 aromatic carbocycles. The van der Waals surface area contributed by atoms with E-state index in [9.17, 15) is 70.6 Å². The summed E-state index contributed by atoms with van der Waals surface area (Å²) >= 11 is 0. The fraction of sp³-hybridized carbons (Fsp3) is 0.635. The number of fused-ring (bicyclic) bond motifs is 5. The number of carbonyl (C=O) groups is 6. The number of benzene rings is 2. The van der Waals surface area contributed by atoms with E-state index in [1.54, 1.807) is 20.8 Å². The van der Waals surface area contributed by atoms with Gasteiger partial charge < -0.3 is 43.4 Å². The average Bonchev–Trinajstić information content (AvgIpc) is 1.68. The molecule has 14 fully saturated rings. The third kappa shape index (κ3) is 17.3. The van der Waals surface area contributed by atoms with Gasteiger partial charge in [0.15, 0.2) is 5.41 Å². The monoisotopic (exact) mass is 1500 g/mol. The highest BCUT2D eigenvalue weighted by atomic mass is 19.4. The first-order valence-corrected chi connectivity index (χ1v) is 37.8. The van der Waals surface area contributed by atoms with Crippen molar-refractivity contribution in [2.75, 3.05) is 0 Å². The number of hydrogen-bond acceptors (Lipinski definition) is 16. The predicted molar refractivity (Wildman–Crippen MR) is 386 cm³/mol. The second kappa shape index (κ2) is 30.4. The first-order chi connectivity index (χ1) is 49.7. The van der Waals surface area contributed by atoms with Crippen LogP contribution in [0.3, 0.4) is 0 Å². The molecule has 13 aliphatic carbocycles. The van der Waals surface area contributed by atoms with Crippen molar-refractivity contribution in [2.24, 2.45) is 70.0 Å². The number of nitriles is 1. The maximum atomic E-state index is 12.8. The van der Waals surface area contributed by atoms with Gasteiger partial charge in [-0.15, -0.1) is 0 Å². The van der Waals surface area contributed by atoms with Crippen LogP contribution in [0.4, 0.5) is 26.3 Å². The van der Waals surface area contributed by atoms with Gasteiger partial charge in [-0.3, -0.25) is 4.79 Å². The van der Waals surface area contributed by atoms with E-state index in [1.807, 2.05) is 63.2 Å². The largest absolute Gasteiger partial charge is 0.488 e. The first kappa shape index (κ1) is 82.0. The van der Waals surface area contributed by atoms with Crippen molar-refractivity contribution in [1.82, 2.24) is 0 Å². The average molecular weight is 1500 g/mol. The maximum Gasteiger partial charge on any atom is 0.426 e. The number of carbonyl (C=O) groups excluding carboxylic acids is 6. The van der Waals surface area contributed by atoms with E-state index in [4.69, 9.17) is 33.2 Å². The van der Waals surface area contributed by atoms with Gasteiger partial charge in [0.25, 0.3) is 5.60 Å². The van der Waals surface area contributed by atoms with E-state index in [0.717, 1.165) is 80.4 Å². The minimum Gasteiger partial charge on any atom is -0.488 e. The van der Waals surface area contributed by atoms with Gasteiger partial charge in [0.05, 0.1) is 11.7 Å². The molecule has 12 atom stereocenters. The minimum atomic E-state index is -5.79. The number of esters is 6. The Labute approximate surface area is 625 Å². The SMILES string of the molecule is C=C(C)C(=O)OC(C)(C)C12CC3CC(CC(C3)C1)C2.C=C(C)C(=O)OC12CC3CC(CC(O)(C3)C1)C2.C=C(C)C(=O)OC1C2CC3C1OC(=O)C3(C#N)C2.C=C(C)C(=O)OC1CC2CC1CC2CC(O)(C(F)(F)F)C(F)(F)F.C=C1CC2(CCCc3ccccc32)OC1=O.C=Cc1ccc(OC(C)(C)C)cc1. The van der Waals surface area contributed by atoms with Crippen LogP contribution in [-0.4, -0.2) is 105 Å². The lowest BCUT2D eigenvalue weighted by atomic mass is 9.46. The molecule has 22 heteroatoms. The van der Waals surface area contributed by atoms with E-state index in [2.05, 4.69) is 71.5 Å². The van der Waals surface area contributed by atoms with Crippen LogP contribution in [0.5, 0.6) is 5.75 Å². The fourth-order valence-corrected chi connectivity index (χ4v) is 21.0. The standard InChI is InChI=1S/C17H26O2.C15H18F6O3.C14H20O3.C14H14O2.C13H13NO4.C12H16O/c1-11(2)15(18)19-16(3,4)17-8-12-5-13(9-17)7-14(6-12)10-17;1-7(2)12(22)24-11-5-8-3-9(11)4-10(8)6-13(23,14(16,17)18)15(19,20)21;1-9(2)12(15)17-14-6-10-3-11(7-14)5-13(16,4-10)8-14;1-10-9-14(16-13(10)15)8-4-6-11-5-2-3-7-12(11)14;1-6(2)11(15)17-9-7-3-8-10(9)18-12(16)13(8,4-7)5-14;1-5-10-6-8-11(9-7-10)13-12(2,3)4/h12-14H,1,5-10H2,2-4H3;8-11,23H,1,3-6H2,2H3;10-11,16H,1,3-8H2,2H3;2-3,5,7H,1,4,6,8-9H2;7-10H,1,3-4H2,2H3;5-9H,1H2,2-4H3. The van der Waals surface area contributed by atoms with Gasteiger partial charge >= 0.3 is 48.2 Å². The molecule has 107 heavy (non-hydrogen) atoms. The van der Waals surface area contributed by atoms with Gasteiger partial charge in [0, 0.05) is 58.0 Å². The highest BCUT2D eigenvalue weighted by molar-refractivity contribution is 5.91. The lowest BCUT2D eigenvalue weighted by Crippen LogP contribution is -2.60. The van der Waals surface area contributed by atoms with Crippen molar-refractivity contribution in [3.8, 4) is 11.8 Å². The molecule has 0 aromatic heterocycles. The Morgan fingerprint density at radius 1 is 0.673 bits per heavy atom. The predicted octanol–water partition coefficient (Wildman–Crippen LogP) is 17.2. The number of aryl methyl sites for hydroxylation is 1. The number of hydrogen-bond donors (Lipinski definition) is 2. The van der Waals surface area contributed by atoms with Crippen LogP contribution in [0.1, 0.15) is 214 Å². The molecule has 2 aromatic rings. The zero-order chi connectivity index (χ0) is 78.7. The normalized spacial score (nSPS) is 34.3. The lowest BCUT2D eigenvalue weighted by Gasteiger charge is -2.61. The summed E-state index contributed by atoms with van der Waals surface area (Å²) in [5, 5.41) is 29.0. The summed E-state index contributed by atoms with van der Waals surface area (Å²) < 4.78 is 115. The molecular weight excluding hydrogens is 1390 g/mol. The molecule has 17 rings (SSSR count). The van der Waals surface area contributed by atoms with E-state index >= 15 is 0 Å². The Bertz CT molecular complexity index is 3790. The summed E-state index contributed by atoms with van der Waals surface area (Å²) in [4.78, 5) is 70.0. The number of ether oxygens (including phenoxy) is 7. The third-order valence-electron chi connectivity index (χ3n) is 25.2. The molecule has 12 unspecified atom stereocenters. The van der Waals surface area contributed by atoms with Gasteiger partial charge in [0.2, 0.25) is 0 Å². The van der Waals surface area contributed by atoms with E-state index < -0.39 is 94.6 Å². The molecule has 0 radical (unpaired) electrons. The van der Waals surface area contributed by atoms with Crippen molar-refractivity contribution < 1.29 is 98.5 Å². The molecule has 2 aliphatic heterocycles. The van der Waals surface area contributed by atoms with Crippen LogP contribution in [0, 0.1) is 81.3 Å². The van der Waals surface area contributed by atoms with Crippen molar-refractivity contribution in [3.63, 3.8) is 0 Å². The topological polar surface area (TPSA) is 231 Å². The molecule has 2 saturated heterocycles. The van der Waals surface area contributed by atoms with Crippen molar-refractivity contribution in [3.05, 3.63) is 133 Å². The first-order valence-electron chi connectivity index (χ1n) is 37.8. The third-order valence-corrected chi connectivity index (χ3v) is 25.2.